The molecule has 4 aromatic rings. The first kappa shape index (κ1) is 17.0. The third kappa shape index (κ3) is 3.85. The van der Waals surface area contributed by atoms with Crippen LogP contribution < -0.4 is 5.32 Å². The summed E-state index contributed by atoms with van der Waals surface area (Å²) in [4.78, 5) is 17.8. The second-order valence-electron chi connectivity index (χ2n) is 5.17. The normalized spacial score (nSPS) is 10.8. The summed E-state index contributed by atoms with van der Waals surface area (Å²) >= 11 is 4.38. The molecular formula is C17H13N5OS3. The van der Waals surface area contributed by atoms with E-state index in [0.29, 0.717) is 10.3 Å². The molecule has 26 heavy (non-hydrogen) atoms. The van der Waals surface area contributed by atoms with Crippen LogP contribution in [-0.2, 0) is 4.79 Å². The Kier molecular flexibility index (Phi) is 5.09. The number of hydrogen-bond donors (Lipinski definition) is 1. The fraction of sp³-hybridized carbons (Fsp3) is 0.0588. The maximum Gasteiger partial charge on any atom is 0.236 e. The van der Waals surface area contributed by atoms with Gasteiger partial charge in [0.2, 0.25) is 5.91 Å². The van der Waals surface area contributed by atoms with E-state index >= 15 is 0 Å². The van der Waals surface area contributed by atoms with Crippen molar-refractivity contribution in [3.8, 4) is 16.3 Å². The first-order valence-corrected chi connectivity index (χ1v) is 10.4. The number of thiazole rings is 1. The summed E-state index contributed by atoms with van der Waals surface area (Å²) in [7, 11) is 0. The molecule has 0 unspecified atom stereocenters. The smallest absolute Gasteiger partial charge is 0.236 e. The lowest BCUT2D eigenvalue weighted by molar-refractivity contribution is -0.113. The Labute approximate surface area is 161 Å². The SMILES string of the molecule is O=C(CSc1nncn1-c1ccccc1)Nc1nc(-c2cccs2)cs1. The summed E-state index contributed by atoms with van der Waals surface area (Å²) in [6.45, 7) is 0. The second kappa shape index (κ2) is 7.81. The van der Waals surface area contributed by atoms with E-state index in [9.17, 15) is 4.79 Å². The van der Waals surface area contributed by atoms with Crippen LogP contribution in [0.3, 0.4) is 0 Å². The van der Waals surface area contributed by atoms with E-state index in [4.69, 9.17) is 0 Å². The Morgan fingerprint density at radius 2 is 2.04 bits per heavy atom. The molecule has 9 heteroatoms. The number of hydrogen-bond acceptors (Lipinski definition) is 7. The second-order valence-corrected chi connectivity index (χ2v) is 7.92. The molecular weight excluding hydrogens is 386 g/mol. The quantitative estimate of drug-likeness (QED) is 0.492. The van der Waals surface area contributed by atoms with Crippen LogP contribution in [0.1, 0.15) is 0 Å². The van der Waals surface area contributed by atoms with Gasteiger partial charge >= 0.3 is 0 Å². The van der Waals surface area contributed by atoms with Gasteiger partial charge in [0.05, 0.1) is 16.3 Å². The van der Waals surface area contributed by atoms with Crippen LogP contribution in [0.5, 0.6) is 0 Å². The van der Waals surface area contributed by atoms with Crippen LogP contribution in [0.25, 0.3) is 16.3 Å². The van der Waals surface area contributed by atoms with Crippen molar-refractivity contribution in [2.75, 3.05) is 11.1 Å². The molecule has 3 aromatic heterocycles. The van der Waals surface area contributed by atoms with Gasteiger partial charge in [-0.2, -0.15) is 0 Å². The summed E-state index contributed by atoms with van der Waals surface area (Å²) < 4.78 is 1.86. The highest BCUT2D eigenvalue weighted by atomic mass is 32.2. The molecule has 0 spiro atoms. The largest absolute Gasteiger partial charge is 0.301 e. The topological polar surface area (TPSA) is 72.7 Å². The molecule has 0 aliphatic rings. The molecule has 1 amide bonds. The minimum atomic E-state index is -0.121. The number of anilines is 1. The van der Waals surface area contributed by atoms with E-state index in [1.807, 2.05) is 57.8 Å². The zero-order valence-electron chi connectivity index (χ0n) is 13.4. The molecule has 0 fully saturated rings. The van der Waals surface area contributed by atoms with E-state index in [2.05, 4.69) is 20.5 Å². The van der Waals surface area contributed by atoms with Gasteiger partial charge in [-0.25, -0.2) is 4.98 Å². The predicted molar refractivity (Wildman–Crippen MR) is 106 cm³/mol. The van der Waals surface area contributed by atoms with E-state index in [0.717, 1.165) is 16.3 Å². The summed E-state index contributed by atoms with van der Waals surface area (Å²) in [5.41, 5.74) is 1.85. The van der Waals surface area contributed by atoms with Gasteiger partial charge in [0.1, 0.15) is 6.33 Å². The molecule has 0 saturated heterocycles. The fourth-order valence-corrected chi connectivity index (χ4v) is 4.46. The van der Waals surface area contributed by atoms with E-state index < -0.39 is 0 Å². The van der Waals surface area contributed by atoms with Gasteiger partial charge in [-0.3, -0.25) is 9.36 Å². The van der Waals surface area contributed by atoms with E-state index in [1.165, 1.54) is 23.1 Å². The fourth-order valence-electron chi connectivity index (χ4n) is 2.24. The Morgan fingerprint density at radius 1 is 1.15 bits per heavy atom. The summed E-state index contributed by atoms with van der Waals surface area (Å²) in [5.74, 6) is 0.115. The number of carbonyl (C=O) groups excluding carboxylic acids is 1. The summed E-state index contributed by atoms with van der Waals surface area (Å²) in [5, 5.41) is 16.1. The Morgan fingerprint density at radius 3 is 2.85 bits per heavy atom. The molecule has 0 aliphatic carbocycles. The van der Waals surface area contributed by atoms with Crippen molar-refractivity contribution >= 4 is 45.5 Å². The van der Waals surface area contributed by atoms with Gasteiger partial charge in [-0.1, -0.05) is 36.0 Å². The number of nitrogens with zero attached hydrogens (tertiary/aromatic N) is 4. The van der Waals surface area contributed by atoms with E-state index in [-0.39, 0.29) is 11.7 Å². The highest BCUT2D eigenvalue weighted by Gasteiger charge is 2.12. The minimum Gasteiger partial charge on any atom is -0.301 e. The Balaban J connectivity index is 1.37. The summed E-state index contributed by atoms with van der Waals surface area (Å²) in [6.07, 6.45) is 1.64. The third-order valence-electron chi connectivity index (χ3n) is 3.41. The molecule has 0 bridgehead atoms. The van der Waals surface area contributed by atoms with Crippen molar-refractivity contribution in [2.45, 2.75) is 5.16 Å². The highest BCUT2D eigenvalue weighted by Crippen LogP contribution is 2.28. The van der Waals surface area contributed by atoms with Gasteiger partial charge in [-0.15, -0.1) is 32.9 Å². The molecule has 1 N–H and O–H groups in total. The third-order valence-corrected chi connectivity index (χ3v) is 6.00. The number of amides is 1. The standard InChI is InChI=1S/C17H13N5OS3/c23-15(20-16-19-13(9-25-16)14-7-4-8-24-14)10-26-17-21-18-11-22(17)12-5-2-1-3-6-12/h1-9,11H,10H2,(H,19,20,23). The van der Waals surface area contributed by atoms with Gasteiger partial charge in [-0.05, 0) is 23.6 Å². The number of rotatable bonds is 6. The number of para-hydroxylation sites is 1. The van der Waals surface area contributed by atoms with Crippen LogP contribution in [-0.4, -0.2) is 31.4 Å². The first-order valence-electron chi connectivity index (χ1n) is 7.67. The molecule has 3 heterocycles. The molecule has 0 saturated carbocycles. The van der Waals surface area contributed by atoms with Gasteiger partial charge in [0, 0.05) is 11.1 Å². The lowest BCUT2D eigenvalue weighted by Crippen LogP contribution is -2.14. The van der Waals surface area contributed by atoms with Crippen molar-refractivity contribution in [3.63, 3.8) is 0 Å². The molecule has 0 radical (unpaired) electrons. The number of thiophene rings is 1. The van der Waals surface area contributed by atoms with Crippen LogP contribution in [0.15, 0.2) is 64.7 Å². The molecule has 0 atom stereocenters. The maximum atomic E-state index is 12.2. The highest BCUT2D eigenvalue weighted by molar-refractivity contribution is 7.99. The number of nitrogens with one attached hydrogen (secondary N) is 1. The zero-order chi connectivity index (χ0) is 17.8. The van der Waals surface area contributed by atoms with E-state index in [1.54, 1.807) is 17.7 Å². The first-order chi connectivity index (χ1) is 12.8. The molecule has 130 valence electrons. The van der Waals surface area contributed by atoms with Gasteiger partial charge in [0.25, 0.3) is 0 Å². The molecule has 4 rings (SSSR count). The van der Waals surface area contributed by atoms with Crippen molar-refractivity contribution in [1.29, 1.82) is 0 Å². The maximum absolute atomic E-state index is 12.2. The lowest BCUT2D eigenvalue weighted by atomic mass is 10.3. The number of carbonyl (C=O) groups is 1. The Hall–Kier alpha value is -2.49. The summed E-state index contributed by atoms with van der Waals surface area (Å²) in [6, 6.07) is 13.8. The molecule has 0 aliphatic heterocycles. The van der Waals surface area contributed by atoms with Crippen LogP contribution in [0.2, 0.25) is 0 Å². The average molecular weight is 400 g/mol. The van der Waals surface area contributed by atoms with Gasteiger partial charge in [0.15, 0.2) is 10.3 Å². The monoisotopic (exact) mass is 399 g/mol. The van der Waals surface area contributed by atoms with Crippen LogP contribution in [0.4, 0.5) is 5.13 Å². The lowest BCUT2D eigenvalue weighted by Gasteiger charge is -2.05. The van der Waals surface area contributed by atoms with Gasteiger partial charge < -0.3 is 5.32 Å². The predicted octanol–water partition coefficient (Wildman–Crippen LogP) is 4.18. The average Bonchev–Trinajstić information content (AvgIpc) is 3.41. The van der Waals surface area contributed by atoms with Crippen LogP contribution in [0, 0.1) is 0 Å². The number of benzene rings is 1. The Bertz CT molecular complexity index is 995. The minimum absolute atomic E-state index is 0.121. The van der Waals surface area contributed by atoms with Crippen molar-refractivity contribution < 1.29 is 4.79 Å². The van der Waals surface area contributed by atoms with Crippen molar-refractivity contribution in [1.82, 2.24) is 19.7 Å². The molecule has 1 aromatic carbocycles. The van der Waals surface area contributed by atoms with Crippen molar-refractivity contribution in [3.05, 3.63) is 59.6 Å². The zero-order valence-corrected chi connectivity index (χ0v) is 15.9. The van der Waals surface area contributed by atoms with Crippen molar-refractivity contribution in [2.24, 2.45) is 0 Å². The molecule has 6 nitrogen and oxygen atoms in total. The number of aromatic nitrogens is 4. The van der Waals surface area contributed by atoms with Crippen LogP contribution >= 0.6 is 34.4 Å². The number of thioether (sulfide) groups is 1.